The Morgan fingerprint density at radius 3 is 2.50 bits per heavy atom. The van der Waals surface area contributed by atoms with Crippen LogP contribution in [0.25, 0.3) is 0 Å². The van der Waals surface area contributed by atoms with E-state index in [1.807, 2.05) is 5.43 Å². The molecule has 0 spiro atoms. The quantitative estimate of drug-likeness (QED) is 0.497. The number of benzene rings is 2. The van der Waals surface area contributed by atoms with Gasteiger partial charge in [-0.3, -0.25) is 9.59 Å². The van der Waals surface area contributed by atoms with Gasteiger partial charge in [-0.25, -0.2) is 5.43 Å². The lowest BCUT2D eigenvalue weighted by Gasteiger charge is -2.09. The topological polar surface area (TPSA) is 79.8 Å². The first kappa shape index (κ1) is 19.0. The van der Waals surface area contributed by atoms with E-state index in [9.17, 15) is 22.8 Å². The van der Waals surface area contributed by atoms with Crippen molar-refractivity contribution in [3.63, 3.8) is 0 Å². The van der Waals surface area contributed by atoms with Crippen LogP contribution in [0, 0.1) is 0 Å². The van der Waals surface area contributed by atoms with E-state index in [-0.39, 0.29) is 5.69 Å². The molecule has 0 radical (unpaired) electrons. The van der Waals surface area contributed by atoms with Crippen molar-refractivity contribution < 1.29 is 27.5 Å². The maximum atomic E-state index is 12.6. The second-order valence-corrected chi connectivity index (χ2v) is 4.97. The number of hydrogen-bond acceptors (Lipinski definition) is 4. The average molecular weight is 365 g/mol. The Hall–Kier alpha value is -3.36. The van der Waals surface area contributed by atoms with E-state index in [0.717, 1.165) is 18.2 Å². The lowest BCUT2D eigenvalue weighted by atomic mass is 10.2. The average Bonchev–Trinajstić information content (AvgIpc) is 2.61. The first-order valence-corrected chi connectivity index (χ1v) is 7.26. The van der Waals surface area contributed by atoms with Crippen LogP contribution in [-0.4, -0.2) is 25.1 Å². The molecular formula is C17H14F3N3O3. The van der Waals surface area contributed by atoms with Crippen LogP contribution >= 0.6 is 0 Å². The van der Waals surface area contributed by atoms with Gasteiger partial charge >= 0.3 is 18.0 Å². The second-order valence-electron chi connectivity index (χ2n) is 4.97. The summed E-state index contributed by atoms with van der Waals surface area (Å²) in [5.74, 6) is -1.77. The van der Waals surface area contributed by atoms with Crippen LogP contribution in [0.3, 0.4) is 0 Å². The fourth-order valence-electron chi connectivity index (χ4n) is 1.95. The highest BCUT2D eigenvalue weighted by Gasteiger charge is 2.30. The maximum Gasteiger partial charge on any atom is 0.416 e. The summed E-state index contributed by atoms with van der Waals surface area (Å²) in [6, 6.07) is 10.8. The highest BCUT2D eigenvalue weighted by molar-refractivity contribution is 6.39. The molecule has 0 aliphatic rings. The van der Waals surface area contributed by atoms with Gasteiger partial charge in [-0.1, -0.05) is 18.2 Å². The highest BCUT2D eigenvalue weighted by atomic mass is 19.4. The van der Waals surface area contributed by atoms with Crippen LogP contribution in [0.5, 0.6) is 5.75 Å². The van der Waals surface area contributed by atoms with E-state index in [1.54, 1.807) is 24.3 Å². The Balaban J connectivity index is 1.98. The van der Waals surface area contributed by atoms with Gasteiger partial charge in [0.15, 0.2) is 0 Å². The molecule has 0 bridgehead atoms. The van der Waals surface area contributed by atoms with Crippen molar-refractivity contribution in [3.05, 3.63) is 59.7 Å². The Morgan fingerprint density at radius 2 is 1.81 bits per heavy atom. The molecule has 2 amide bonds. The van der Waals surface area contributed by atoms with E-state index in [0.29, 0.717) is 11.3 Å². The SMILES string of the molecule is COc1ccccc1/C=N\NC(=O)C(=O)Nc1cccc(C(F)(F)F)c1. The zero-order valence-electron chi connectivity index (χ0n) is 13.5. The number of nitrogens with zero attached hydrogens (tertiary/aromatic N) is 1. The summed E-state index contributed by atoms with van der Waals surface area (Å²) in [7, 11) is 1.47. The lowest BCUT2D eigenvalue weighted by molar-refractivity contribution is -0.137. The number of amides is 2. The van der Waals surface area contributed by atoms with Crippen molar-refractivity contribution >= 4 is 23.7 Å². The van der Waals surface area contributed by atoms with Crippen molar-refractivity contribution in [2.24, 2.45) is 5.10 Å². The molecule has 0 fully saturated rings. The molecule has 0 aromatic heterocycles. The van der Waals surface area contributed by atoms with Gasteiger partial charge in [-0.05, 0) is 30.3 Å². The van der Waals surface area contributed by atoms with Crippen molar-refractivity contribution in [2.45, 2.75) is 6.18 Å². The minimum Gasteiger partial charge on any atom is -0.496 e. The number of carbonyl (C=O) groups excluding carboxylic acids is 2. The van der Waals surface area contributed by atoms with E-state index < -0.39 is 23.6 Å². The number of halogens is 3. The minimum absolute atomic E-state index is 0.159. The number of anilines is 1. The molecule has 0 heterocycles. The van der Waals surface area contributed by atoms with E-state index in [4.69, 9.17) is 4.74 Å². The number of alkyl halides is 3. The van der Waals surface area contributed by atoms with Crippen LogP contribution in [-0.2, 0) is 15.8 Å². The van der Waals surface area contributed by atoms with Crippen molar-refractivity contribution in [3.8, 4) is 5.75 Å². The van der Waals surface area contributed by atoms with Gasteiger partial charge in [0.05, 0.1) is 18.9 Å². The van der Waals surface area contributed by atoms with Crippen LogP contribution in [0.1, 0.15) is 11.1 Å². The van der Waals surface area contributed by atoms with Gasteiger partial charge < -0.3 is 10.1 Å². The molecule has 0 atom stereocenters. The second kappa shape index (κ2) is 8.15. The fraction of sp³-hybridized carbons (Fsp3) is 0.118. The maximum absolute atomic E-state index is 12.6. The number of nitrogens with one attached hydrogen (secondary N) is 2. The first-order valence-electron chi connectivity index (χ1n) is 7.26. The smallest absolute Gasteiger partial charge is 0.416 e. The summed E-state index contributed by atoms with van der Waals surface area (Å²) in [5, 5.41) is 5.70. The molecule has 0 unspecified atom stereocenters. The van der Waals surface area contributed by atoms with Crippen LogP contribution < -0.4 is 15.5 Å². The molecule has 2 N–H and O–H groups in total. The summed E-state index contributed by atoms with van der Waals surface area (Å²) >= 11 is 0. The largest absolute Gasteiger partial charge is 0.496 e. The number of hydrogen-bond donors (Lipinski definition) is 2. The van der Waals surface area contributed by atoms with E-state index in [2.05, 4.69) is 10.4 Å². The van der Waals surface area contributed by atoms with Gasteiger partial charge in [0.2, 0.25) is 0 Å². The molecule has 0 aliphatic heterocycles. The molecule has 6 nitrogen and oxygen atoms in total. The molecule has 0 aliphatic carbocycles. The van der Waals surface area contributed by atoms with Crippen molar-refractivity contribution in [2.75, 3.05) is 12.4 Å². The number of ether oxygens (including phenoxy) is 1. The number of rotatable bonds is 4. The zero-order valence-corrected chi connectivity index (χ0v) is 13.5. The molecule has 0 saturated heterocycles. The Bertz CT molecular complexity index is 835. The van der Waals surface area contributed by atoms with Gasteiger partial charge in [-0.2, -0.15) is 18.3 Å². The number of carbonyl (C=O) groups is 2. The third-order valence-corrected chi connectivity index (χ3v) is 3.16. The van der Waals surface area contributed by atoms with Gasteiger partial charge in [0, 0.05) is 11.3 Å². The molecule has 2 rings (SSSR count). The van der Waals surface area contributed by atoms with Crippen LogP contribution in [0.2, 0.25) is 0 Å². The minimum atomic E-state index is -4.55. The summed E-state index contributed by atoms with van der Waals surface area (Å²) in [6.07, 6.45) is -3.28. The Kier molecular flexibility index (Phi) is 5.94. The molecule has 26 heavy (non-hydrogen) atoms. The third-order valence-electron chi connectivity index (χ3n) is 3.16. The fourth-order valence-corrected chi connectivity index (χ4v) is 1.95. The normalized spacial score (nSPS) is 11.2. The standard InChI is InChI=1S/C17H14F3N3O3/c1-26-14-8-3-2-5-11(14)10-21-23-16(25)15(24)22-13-7-4-6-12(9-13)17(18,19)20/h2-10H,1H3,(H,22,24)(H,23,25)/b21-10-. The zero-order chi connectivity index (χ0) is 19.2. The first-order chi connectivity index (χ1) is 12.3. The molecule has 136 valence electrons. The highest BCUT2D eigenvalue weighted by Crippen LogP contribution is 2.30. The predicted molar refractivity (Wildman–Crippen MR) is 88.8 cm³/mol. The number of para-hydroxylation sites is 1. The third kappa shape index (κ3) is 5.07. The number of methoxy groups -OCH3 is 1. The van der Waals surface area contributed by atoms with Crippen molar-refractivity contribution in [1.29, 1.82) is 0 Å². The van der Waals surface area contributed by atoms with E-state index >= 15 is 0 Å². The molecule has 2 aromatic carbocycles. The Labute approximate surface area is 146 Å². The molecular weight excluding hydrogens is 351 g/mol. The van der Waals surface area contributed by atoms with Crippen LogP contribution in [0.15, 0.2) is 53.6 Å². The Morgan fingerprint density at radius 1 is 1.08 bits per heavy atom. The van der Waals surface area contributed by atoms with Gasteiger partial charge in [0.25, 0.3) is 0 Å². The molecule has 0 saturated carbocycles. The monoisotopic (exact) mass is 365 g/mol. The van der Waals surface area contributed by atoms with Crippen molar-refractivity contribution in [1.82, 2.24) is 5.43 Å². The summed E-state index contributed by atoms with van der Waals surface area (Å²) in [5.41, 5.74) is 1.45. The predicted octanol–water partition coefficient (Wildman–Crippen LogP) is 2.80. The molecule has 2 aromatic rings. The van der Waals surface area contributed by atoms with Crippen LogP contribution in [0.4, 0.5) is 18.9 Å². The summed E-state index contributed by atoms with van der Waals surface area (Å²) in [4.78, 5) is 23.4. The van der Waals surface area contributed by atoms with E-state index in [1.165, 1.54) is 19.4 Å². The van der Waals surface area contributed by atoms with Gasteiger partial charge in [0.1, 0.15) is 5.75 Å². The van der Waals surface area contributed by atoms with Gasteiger partial charge in [-0.15, -0.1) is 0 Å². The summed E-state index contributed by atoms with van der Waals surface area (Å²) in [6.45, 7) is 0. The molecule has 9 heteroatoms. The number of hydrazone groups is 1. The summed E-state index contributed by atoms with van der Waals surface area (Å²) < 4.78 is 43.0. The lowest BCUT2D eigenvalue weighted by Crippen LogP contribution is -2.32.